The molecule has 6 nitrogen and oxygen atoms in total. The number of nitrogens with zero attached hydrogens (tertiary/aromatic N) is 3. The van der Waals surface area contributed by atoms with Gasteiger partial charge in [-0.05, 0) is 62.9 Å². The zero-order valence-corrected chi connectivity index (χ0v) is 18.0. The first-order valence-electron chi connectivity index (χ1n) is 10.5. The molecule has 0 spiro atoms. The molecule has 0 saturated carbocycles. The number of guanidine groups is 1. The van der Waals surface area contributed by atoms with Crippen molar-refractivity contribution < 1.29 is 4.79 Å². The van der Waals surface area contributed by atoms with E-state index in [-0.39, 0.29) is 5.91 Å². The quantitative estimate of drug-likeness (QED) is 0.504. The molecule has 1 aliphatic rings. The molecule has 1 saturated heterocycles. The van der Waals surface area contributed by atoms with Crippen LogP contribution >= 0.6 is 0 Å². The fourth-order valence-corrected chi connectivity index (χ4v) is 3.50. The van der Waals surface area contributed by atoms with Gasteiger partial charge in [0.1, 0.15) is 0 Å². The van der Waals surface area contributed by atoms with Gasteiger partial charge in [0.05, 0.1) is 0 Å². The molecule has 1 aromatic rings. The van der Waals surface area contributed by atoms with Gasteiger partial charge in [0.15, 0.2) is 5.96 Å². The minimum Gasteiger partial charge on any atom is -0.357 e. The Labute approximate surface area is 170 Å². The second-order valence-electron chi connectivity index (χ2n) is 7.91. The summed E-state index contributed by atoms with van der Waals surface area (Å²) in [6.45, 7) is 10.4. The number of carbonyl (C=O) groups excluding carboxylic acids is 1. The summed E-state index contributed by atoms with van der Waals surface area (Å²) in [5.41, 5.74) is 1.89. The summed E-state index contributed by atoms with van der Waals surface area (Å²) in [6, 6.07) is 7.86. The molecule has 1 fully saturated rings. The average Bonchev–Trinajstić information content (AvgIpc) is 3.18. The summed E-state index contributed by atoms with van der Waals surface area (Å²) in [7, 11) is 3.56. The Morgan fingerprint density at radius 1 is 1.25 bits per heavy atom. The summed E-state index contributed by atoms with van der Waals surface area (Å²) < 4.78 is 0. The van der Waals surface area contributed by atoms with Gasteiger partial charge in [-0.1, -0.05) is 19.1 Å². The molecule has 28 heavy (non-hydrogen) atoms. The maximum absolute atomic E-state index is 12.1. The van der Waals surface area contributed by atoms with Gasteiger partial charge in [0, 0.05) is 45.8 Å². The van der Waals surface area contributed by atoms with Crippen LogP contribution < -0.4 is 10.6 Å². The third-order valence-corrected chi connectivity index (χ3v) is 4.96. The molecule has 1 amide bonds. The number of likely N-dealkylation sites (tertiary alicyclic amines) is 1. The smallest absolute Gasteiger partial charge is 0.253 e. The first-order valence-corrected chi connectivity index (χ1v) is 10.5. The lowest BCUT2D eigenvalue weighted by Gasteiger charge is -2.19. The number of aliphatic imine (C=N–C) groups is 1. The van der Waals surface area contributed by atoms with Gasteiger partial charge in [-0.2, -0.15) is 0 Å². The fraction of sp³-hybridized carbons (Fsp3) is 0.636. The fourth-order valence-electron chi connectivity index (χ4n) is 3.50. The van der Waals surface area contributed by atoms with E-state index in [2.05, 4.69) is 35.4 Å². The van der Waals surface area contributed by atoms with Crippen LogP contribution in [-0.4, -0.2) is 75.0 Å². The highest BCUT2D eigenvalue weighted by molar-refractivity contribution is 5.94. The van der Waals surface area contributed by atoms with E-state index in [4.69, 9.17) is 4.99 Å². The van der Waals surface area contributed by atoms with Crippen molar-refractivity contribution in [1.82, 2.24) is 20.4 Å². The molecule has 2 N–H and O–H groups in total. The van der Waals surface area contributed by atoms with Crippen molar-refractivity contribution in [1.29, 1.82) is 0 Å². The summed E-state index contributed by atoms with van der Waals surface area (Å²) in [4.78, 5) is 21.0. The molecule has 0 aliphatic carbocycles. The highest BCUT2D eigenvalue weighted by Gasteiger charge is 2.14. The maximum atomic E-state index is 12.1. The Bertz CT molecular complexity index is 638. The highest BCUT2D eigenvalue weighted by Crippen LogP contribution is 2.10. The van der Waals surface area contributed by atoms with Crippen molar-refractivity contribution in [2.24, 2.45) is 10.9 Å². The van der Waals surface area contributed by atoms with Crippen LogP contribution in [0.2, 0.25) is 0 Å². The molecule has 156 valence electrons. The highest BCUT2D eigenvalue weighted by atomic mass is 16.2. The van der Waals surface area contributed by atoms with Crippen molar-refractivity contribution in [3.05, 3.63) is 35.4 Å². The summed E-state index contributed by atoms with van der Waals surface area (Å²) in [5, 5.41) is 6.75. The second-order valence-corrected chi connectivity index (χ2v) is 7.91. The number of amides is 1. The second kappa shape index (κ2) is 11.7. The molecule has 2 rings (SSSR count). The maximum Gasteiger partial charge on any atom is 0.253 e. The van der Waals surface area contributed by atoms with Crippen LogP contribution in [0, 0.1) is 5.92 Å². The topological polar surface area (TPSA) is 60.0 Å². The third-order valence-electron chi connectivity index (χ3n) is 4.96. The number of hydrogen-bond acceptors (Lipinski definition) is 3. The number of nitrogens with one attached hydrogen (secondary N) is 2. The van der Waals surface area contributed by atoms with Crippen molar-refractivity contribution in [2.75, 3.05) is 53.4 Å². The SMILES string of the molecule is CCNC(=NCC(C)CN1CCCC1)NCCc1cccc(C(=O)N(C)C)c1. The van der Waals surface area contributed by atoms with E-state index in [0.717, 1.165) is 49.7 Å². The normalized spacial score (nSPS) is 16.1. The number of carbonyl (C=O) groups is 1. The van der Waals surface area contributed by atoms with Gasteiger partial charge in [-0.15, -0.1) is 0 Å². The summed E-state index contributed by atoms with van der Waals surface area (Å²) in [6.07, 6.45) is 3.52. The lowest BCUT2D eigenvalue weighted by molar-refractivity contribution is 0.0827. The zero-order chi connectivity index (χ0) is 20.4. The molecular weight excluding hydrogens is 350 g/mol. The molecule has 0 aromatic heterocycles. The van der Waals surface area contributed by atoms with Crippen LogP contribution in [0.15, 0.2) is 29.3 Å². The standard InChI is InChI=1S/C22H37N5O/c1-5-23-22(25-16-18(2)17-27-13-6-7-14-27)24-12-11-19-9-8-10-20(15-19)21(28)26(3)4/h8-10,15,18H,5-7,11-14,16-17H2,1-4H3,(H2,23,24,25). The minimum absolute atomic E-state index is 0.0386. The molecule has 1 unspecified atom stereocenters. The van der Waals surface area contributed by atoms with Gasteiger partial charge in [-0.3, -0.25) is 9.79 Å². The number of hydrogen-bond donors (Lipinski definition) is 2. The lowest BCUT2D eigenvalue weighted by atomic mass is 10.1. The van der Waals surface area contributed by atoms with E-state index >= 15 is 0 Å². The van der Waals surface area contributed by atoms with Crippen molar-refractivity contribution in [2.45, 2.75) is 33.1 Å². The average molecular weight is 388 g/mol. The Balaban J connectivity index is 1.82. The van der Waals surface area contributed by atoms with Gasteiger partial charge >= 0.3 is 0 Å². The predicted molar refractivity (Wildman–Crippen MR) is 117 cm³/mol. The Kier molecular flexibility index (Phi) is 9.28. The monoisotopic (exact) mass is 387 g/mol. The van der Waals surface area contributed by atoms with E-state index in [1.807, 2.05) is 18.2 Å². The van der Waals surface area contributed by atoms with Gasteiger partial charge in [0.2, 0.25) is 0 Å². The van der Waals surface area contributed by atoms with E-state index < -0.39 is 0 Å². The van der Waals surface area contributed by atoms with Gasteiger partial charge in [0.25, 0.3) is 5.91 Å². The lowest BCUT2D eigenvalue weighted by Crippen LogP contribution is -2.39. The van der Waals surface area contributed by atoms with Crippen LogP contribution in [0.1, 0.15) is 42.6 Å². The third kappa shape index (κ3) is 7.50. The molecule has 1 heterocycles. The van der Waals surface area contributed by atoms with E-state index in [1.54, 1.807) is 19.0 Å². The van der Waals surface area contributed by atoms with Gasteiger partial charge < -0.3 is 20.4 Å². The molecule has 0 bridgehead atoms. The molecule has 6 heteroatoms. The number of benzene rings is 1. The predicted octanol–water partition coefficient (Wildman–Crippen LogP) is 2.22. The van der Waals surface area contributed by atoms with E-state index in [0.29, 0.717) is 5.92 Å². The van der Waals surface area contributed by atoms with Crippen molar-refractivity contribution in [3.63, 3.8) is 0 Å². The number of rotatable bonds is 9. The van der Waals surface area contributed by atoms with Crippen molar-refractivity contribution >= 4 is 11.9 Å². The first kappa shape index (κ1) is 22.2. The molecule has 1 aromatic carbocycles. The van der Waals surface area contributed by atoms with Crippen LogP contribution in [-0.2, 0) is 6.42 Å². The van der Waals surface area contributed by atoms with E-state index in [1.165, 1.54) is 25.9 Å². The van der Waals surface area contributed by atoms with Crippen LogP contribution in [0.5, 0.6) is 0 Å². The molecule has 1 atom stereocenters. The Hall–Kier alpha value is -2.08. The Morgan fingerprint density at radius 2 is 2.00 bits per heavy atom. The molecule has 1 aliphatic heterocycles. The summed E-state index contributed by atoms with van der Waals surface area (Å²) in [5.74, 6) is 1.47. The van der Waals surface area contributed by atoms with Crippen molar-refractivity contribution in [3.8, 4) is 0 Å². The zero-order valence-electron chi connectivity index (χ0n) is 18.0. The first-order chi connectivity index (χ1) is 13.5. The largest absolute Gasteiger partial charge is 0.357 e. The molecule has 0 radical (unpaired) electrons. The van der Waals surface area contributed by atoms with Gasteiger partial charge in [-0.25, -0.2) is 0 Å². The van der Waals surface area contributed by atoms with E-state index in [9.17, 15) is 4.79 Å². The van der Waals surface area contributed by atoms with Crippen LogP contribution in [0.25, 0.3) is 0 Å². The molecular formula is C22H37N5O. The van der Waals surface area contributed by atoms with Crippen LogP contribution in [0.4, 0.5) is 0 Å². The Morgan fingerprint density at radius 3 is 2.68 bits per heavy atom. The van der Waals surface area contributed by atoms with Crippen LogP contribution in [0.3, 0.4) is 0 Å². The summed E-state index contributed by atoms with van der Waals surface area (Å²) >= 11 is 0. The minimum atomic E-state index is 0.0386.